The van der Waals surface area contributed by atoms with Crippen LogP contribution in [0.3, 0.4) is 0 Å². The van der Waals surface area contributed by atoms with Gasteiger partial charge in [-0.05, 0) is 123 Å². The van der Waals surface area contributed by atoms with Crippen molar-refractivity contribution >= 4 is 0 Å². The zero-order valence-electron chi connectivity index (χ0n) is 18.3. The topological polar surface area (TPSA) is 0 Å². The summed E-state index contributed by atoms with van der Waals surface area (Å²) >= 11 is 0. The Labute approximate surface area is 132 Å². The largest absolute Gasteiger partial charge is 0.0475 e. The van der Waals surface area contributed by atoms with Crippen molar-refractivity contribution in [2.45, 2.75) is 70.6 Å². The summed E-state index contributed by atoms with van der Waals surface area (Å²) in [6, 6.07) is 0. The lowest BCUT2D eigenvalue weighted by molar-refractivity contribution is -0.172. The third kappa shape index (κ3) is 1.31. The molecule has 0 aromatic heterocycles. The standard InChI is InChI=1S/C20H29/c1-13-2-15-3-14(1)8-19(7-13,9-15)20-10-16-4-17(11-20)6-18(5-16)12-20/h7,13-18H,1-6,8-12H2/i1T,7T,10T2,13T,16T. The van der Waals surface area contributed by atoms with Crippen molar-refractivity contribution < 1.29 is 8.22 Å². The quantitative estimate of drug-likeness (QED) is 0.617. The Hall–Kier alpha value is 0. The fourth-order valence-electron chi connectivity index (χ4n) is 7.43. The van der Waals surface area contributed by atoms with Crippen LogP contribution in [0.1, 0.15) is 78.8 Å². The first-order valence-electron chi connectivity index (χ1n) is 11.9. The predicted octanol–water partition coefficient (Wildman–Crippen LogP) is 5.23. The SMILES string of the molecule is [3H][C]1C2([3H])CC3CC(CC1(C14CC5CC(CC([3H])(C5)C1([3H])[3H])C4)C3)C2[3H]. The normalized spacial score (nSPS) is 84.9. The van der Waals surface area contributed by atoms with E-state index in [1.807, 2.05) is 0 Å². The summed E-state index contributed by atoms with van der Waals surface area (Å²) in [4.78, 5) is 0. The van der Waals surface area contributed by atoms with Gasteiger partial charge < -0.3 is 0 Å². The second-order valence-electron chi connectivity index (χ2n) is 8.97. The van der Waals surface area contributed by atoms with Gasteiger partial charge in [0.05, 0.1) is 0 Å². The van der Waals surface area contributed by atoms with Crippen molar-refractivity contribution in [3.8, 4) is 0 Å². The Kier molecular flexibility index (Phi) is 1.31. The van der Waals surface area contributed by atoms with Crippen molar-refractivity contribution in [1.82, 2.24) is 0 Å². The van der Waals surface area contributed by atoms with Crippen molar-refractivity contribution in [3.05, 3.63) is 6.40 Å². The van der Waals surface area contributed by atoms with E-state index in [9.17, 15) is 2.74 Å². The van der Waals surface area contributed by atoms with E-state index < -0.39 is 35.4 Å². The summed E-state index contributed by atoms with van der Waals surface area (Å²) in [5, 5.41) is 0. The van der Waals surface area contributed by atoms with E-state index in [1.54, 1.807) is 0 Å². The maximum atomic E-state index is 9.21. The average Bonchev–Trinajstić information content (AvgIpc) is 2.54. The molecule has 7 unspecified atom stereocenters. The minimum Gasteiger partial charge on any atom is -0.0475 e. The molecular formula is C20H29. The van der Waals surface area contributed by atoms with Crippen molar-refractivity contribution in [3.63, 3.8) is 0 Å². The zero-order chi connectivity index (χ0) is 18.3. The van der Waals surface area contributed by atoms with Gasteiger partial charge in [0.1, 0.15) is 0 Å². The molecule has 0 spiro atoms. The van der Waals surface area contributed by atoms with Crippen molar-refractivity contribution in [2.75, 3.05) is 0 Å². The lowest BCUT2D eigenvalue weighted by Gasteiger charge is -2.70. The molecule has 0 aromatic carbocycles. The maximum Gasteiger partial charge on any atom is 0.0315 e. The Bertz CT molecular complexity index is 663. The molecule has 8 rings (SSSR count). The molecule has 0 aliphatic heterocycles. The molecule has 1 radical (unpaired) electrons. The third-order valence-electron chi connectivity index (χ3n) is 7.57. The molecule has 0 amide bonds. The van der Waals surface area contributed by atoms with Crippen LogP contribution in [-0.4, -0.2) is 0 Å². The van der Waals surface area contributed by atoms with Crippen LogP contribution in [0.25, 0.3) is 0 Å². The second-order valence-corrected chi connectivity index (χ2v) is 8.97. The van der Waals surface area contributed by atoms with E-state index >= 15 is 0 Å². The molecule has 0 aromatic rings. The van der Waals surface area contributed by atoms with Gasteiger partial charge in [-0.1, -0.05) is 0 Å². The predicted molar refractivity (Wildman–Crippen MR) is 80.9 cm³/mol. The number of hydrogen-bond donors (Lipinski definition) is 0. The van der Waals surface area contributed by atoms with Crippen LogP contribution in [-0.2, 0) is 0 Å². The highest BCUT2D eigenvalue weighted by Gasteiger charge is 2.64. The lowest BCUT2D eigenvalue weighted by Crippen LogP contribution is -2.60. The minimum absolute atomic E-state index is 0.152. The molecule has 0 N–H and O–H groups in total. The second kappa shape index (κ2) is 3.49. The number of hydrogen-bond acceptors (Lipinski definition) is 0. The number of rotatable bonds is 1. The lowest BCUT2D eigenvalue weighted by atomic mass is 9.35. The van der Waals surface area contributed by atoms with E-state index in [2.05, 4.69) is 0 Å². The first-order chi connectivity index (χ1) is 12.1. The summed E-state index contributed by atoms with van der Waals surface area (Å²) in [5.41, 5.74) is -1.18. The molecular weight excluding hydrogens is 240 g/mol. The molecule has 109 valence electrons. The van der Waals surface area contributed by atoms with E-state index in [1.165, 1.54) is 0 Å². The van der Waals surface area contributed by atoms with Crippen molar-refractivity contribution in [2.24, 2.45) is 46.3 Å². The highest BCUT2D eigenvalue weighted by atomic mass is 14.7. The molecule has 8 aliphatic rings. The van der Waals surface area contributed by atoms with Gasteiger partial charge in [-0.15, -0.1) is 0 Å². The summed E-state index contributed by atoms with van der Waals surface area (Å²) in [6.45, 7) is 0. The third-order valence-corrected chi connectivity index (χ3v) is 7.57. The average molecular weight is 282 g/mol. The van der Waals surface area contributed by atoms with E-state index in [0.717, 1.165) is 38.5 Å². The van der Waals surface area contributed by atoms with Crippen molar-refractivity contribution in [1.29, 1.82) is 0 Å². The molecule has 0 heteroatoms. The molecule has 8 aliphatic carbocycles. The molecule has 8 bridgehead atoms. The Morgan fingerprint density at radius 3 is 2.45 bits per heavy atom. The van der Waals surface area contributed by atoms with E-state index in [-0.39, 0.29) is 5.92 Å². The van der Waals surface area contributed by atoms with Gasteiger partial charge in [-0.2, -0.15) is 0 Å². The smallest absolute Gasteiger partial charge is 0.0315 e. The monoisotopic (exact) mass is 281 g/mol. The first kappa shape index (κ1) is 7.51. The van der Waals surface area contributed by atoms with E-state index in [4.69, 9.17) is 5.48 Å². The highest BCUT2D eigenvalue weighted by Crippen LogP contribution is 2.74. The fraction of sp³-hybridized carbons (Fsp3) is 0.950. The maximum absolute atomic E-state index is 9.21. The first-order valence-corrected chi connectivity index (χ1v) is 8.84. The van der Waals surface area contributed by atoms with Crippen LogP contribution in [0.15, 0.2) is 0 Å². The van der Waals surface area contributed by atoms with Gasteiger partial charge in [0, 0.05) is 8.22 Å². The van der Waals surface area contributed by atoms with Crippen LogP contribution >= 0.6 is 0 Å². The van der Waals surface area contributed by atoms with E-state index in [0.29, 0.717) is 43.4 Å². The van der Waals surface area contributed by atoms with Gasteiger partial charge in [0.25, 0.3) is 0 Å². The Morgan fingerprint density at radius 2 is 1.60 bits per heavy atom. The van der Waals surface area contributed by atoms with Gasteiger partial charge in [0.2, 0.25) is 0 Å². The molecule has 20 heavy (non-hydrogen) atoms. The molecule has 0 heterocycles. The Morgan fingerprint density at radius 1 is 0.900 bits per heavy atom. The van der Waals surface area contributed by atoms with Crippen LogP contribution in [0.2, 0.25) is 0 Å². The summed E-state index contributed by atoms with van der Waals surface area (Å²) in [7, 11) is 0. The van der Waals surface area contributed by atoms with Gasteiger partial charge in [-0.3, -0.25) is 0 Å². The van der Waals surface area contributed by atoms with Gasteiger partial charge >= 0.3 is 0 Å². The van der Waals surface area contributed by atoms with Crippen LogP contribution in [0.5, 0.6) is 0 Å². The molecule has 8 fully saturated rings. The zero-order valence-corrected chi connectivity index (χ0v) is 12.3. The molecule has 0 saturated heterocycles. The summed E-state index contributed by atoms with van der Waals surface area (Å²) in [5.74, 6) is -0.710. The molecule has 7 atom stereocenters. The van der Waals surface area contributed by atoms with Crippen LogP contribution in [0.4, 0.5) is 0 Å². The van der Waals surface area contributed by atoms with Gasteiger partial charge in [-0.25, -0.2) is 0 Å². The Balaban J connectivity index is 1.56. The fourth-order valence-corrected chi connectivity index (χ4v) is 7.43. The van der Waals surface area contributed by atoms with Gasteiger partial charge in [0.15, 0.2) is 0 Å². The molecule has 0 nitrogen and oxygen atoms in total. The van der Waals surface area contributed by atoms with Crippen LogP contribution in [0, 0.1) is 52.7 Å². The minimum atomic E-state index is -1.58. The summed E-state index contributed by atoms with van der Waals surface area (Å²) in [6.07, 6.45) is 5.67. The highest BCUT2D eigenvalue weighted by molar-refractivity contribution is 5.20. The van der Waals surface area contributed by atoms with Crippen LogP contribution < -0.4 is 0 Å². The molecule has 8 saturated carbocycles. The summed E-state index contributed by atoms with van der Waals surface area (Å²) < 4.78 is 54.3.